The van der Waals surface area contributed by atoms with Gasteiger partial charge in [-0.1, -0.05) is 61.7 Å². The molecule has 2 fully saturated rings. The molecule has 2 heterocycles. The van der Waals surface area contributed by atoms with Crippen LogP contribution in [-0.4, -0.2) is 47.4 Å². The van der Waals surface area contributed by atoms with E-state index in [9.17, 15) is 9.59 Å². The van der Waals surface area contributed by atoms with Gasteiger partial charge in [-0.2, -0.15) is 0 Å². The van der Waals surface area contributed by atoms with Crippen molar-refractivity contribution >= 4 is 22.6 Å². The molecular weight excluding hydrogens is 460 g/mol. The quantitative estimate of drug-likeness (QED) is 0.467. The number of hydrogen-bond donors (Lipinski definition) is 2. The number of fused-ring (bicyclic) bond motifs is 1. The molecule has 6 nitrogen and oxygen atoms in total. The number of carbonyl (C=O) groups excluding carboxylic acids is 2. The lowest BCUT2D eigenvalue weighted by molar-refractivity contribution is -0.139. The molecule has 2 aliphatic rings. The molecule has 6 heteroatoms. The van der Waals surface area contributed by atoms with Crippen molar-refractivity contribution in [2.45, 2.75) is 70.0 Å². The molecule has 37 heavy (non-hydrogen) atoms. The second kappa shape index (κ2) is 11.4. The monoisotopic (exact) mass is 498 g/mol. The number of benzene rings is 2. The van der Waals surface area contributed by atoms with Gasteiger partial charge in [0.1, 0.15) is 6.04 Å². The highest BCUT2D eigenvalue weighted by Crippen LogP contribution is 2.37. The number of likely N-dealkylation sites (tertiary alicyclic amines) is 1. The van der Waals surface area contributed by atoms with Gasteiger partial charge in [-0.25, -0.2) is 0 Å². The van der Waals surface area contributed by atoms with Crippen molar-refractivity contribution in [2.24, 2.45) is 5.92 Å². The highest BCUT2D eigenvalue weighted by atomic mass is 16.2. The van der Waals surface area contributed by atoms with E-state index < -0.39 is 6.04 Å². The number of carbonyl (C=O) groups is 2. The number of amides is 2. The van der Waals surface area contributed by atoms with Gasteiger partial charge in [0.2, 0.25) is 11.8 Å². The summed E-state index contributed by atoms with van der Waals surface area (Å²) in [7, 11) is 1.77. The van der Waals surface area contributed by atoms with Crippen molar-refractivity contribution in [1.82, 2.24) is 20.5 Å². The minimum absolute atomic E-state index is 0.00504. The minimum Gasteiger partial charge on any atom is -0.343 e. The van der Waals surface area contributed by atoms with Gasteiger partial charge in [-0.3, -0.25) is 14.6 Å². The fourth-order valence-electron chi connectivity index (χ4n) is 6.03. The van der Waals surface area contributed by atoms with E-state index in [-0.39, 0.29) is 29.8 Å². The van der Waals surface area contributed by atoms with E-state index in [2.05, 4.69) is 41.0 Å². The van der Waals surface area contributed by atoms with E-state index in [0.717, 1.165) is 72.7 Å². The van der Waals surface area contributed by atoms with Crippen LogP contribution in [0, 0.1) is 5.92 Å². The molecular formula is C31H38N4O2. The topological polar surface area (TPSA) is 74.3 Å². The van der Waals surface area contributed by atoms with Crippen molar-refractivity contribution in [2.75, 3.05) is 13.6 Å². The predicted octanol–water partition coefficient (Wildman–Crippen LogP) is 5.24. The molecule has 2 amide bonds. The maximum Gasteiger partial charge on any atom is 0.245 e. The van der Waals surface area contributed by atoms with Crippen LogP contribution < -0.4 is 10.6 Å². The highest BCUT2D eigenvalue weighted by molar-refractivity contribution is 5.95. The fourth-order valence-corrected chi connectivity index (χ4v) is 6.03. The lowest BCUT2D eigenvalue weighted by Crippen LogP contribution is -2.55. The third kappa shape index (κ3) is 5.40. The van der Waals surface area contributed by atoms with Gasteiger partial charge in [0.05, 0.1) is 17.8 Å². The first-order valence-electron chi connectivity index (χ1n) is 13.8. The summed E-state index contributed by atoms with van der Waals surface area (Å²) in [6, 6.07) is 18.0. The number of aromatic nitrogens is 1. The Bertz CT molecular complexity index is 1240. The third-order valence-corrected chi connectivity index (χ3v) is 8.27. The first kappa shape index (κ1) is 25.4. The summed E-state index contributed by atoms with van der Waals surface area (Å²) in [6.45, 7) is 2.56. The number of likely N-dealkylation sites (N-methyl/N-ethyl adjacent to an activating group) is 1. The summed E-state index contributed by atoms with van der Waals surface area (Å²) in [5.74, 6) is 0.160. The Labute approximate surface area is 219 Å². The van der Waals surface area contributed by atoms with Crippen LogP contribution in [0.15, 0.2) is 60.8 Å². The van der Waals surface area contributed by atoms with Crippen molar-refractivity contribution in [3.05, 3.63) is 66.4 Å². The molecule has 1 saturated heterocycles. The lowest BCUT2D eigenvalue weighted by Gasteiger charge is -2.35. The summed E-state index contributed by atoms with van der Waals surface area (Å²) >= 11 is 0. The number of hydrogen-bond acceptors (Lipinski definition) is 4. The van der Waals surface area contributed by atoms with Gasteiger partial charge in [0, 0.05) is 23.7 Å². The standard InChI is InChI=1S/C31H38N4O2/c1-21(32-2)30(36)34-29(24-12-7-4-8-13-24)31(37)35-19-9-14-27(35)25-16-15-22-17-18-33-28(26(22)20-25)23-10-5-3-6-11-23/h3,5-6,10-11,15-18,20-21,24,27,29,32H,4,7-9,12-14,19H2,1-2H3,(H,34,36)/t21-,27-,29-/m0/s1. The molecule has 3 aromatic rings. The van der Waals surface area contributed by atoms with E-state index in [1.54, 1.807) is 7.05 Å². The van der Waals surface area contributed by atoms with E-state index in [1.807, 2.05) is 42.3 Å². The van der Waals surface area contributed by atoms with Crippen LogP contribution >= 0.6 is 0 Å². The Morgan fingerprint density at radius 2 is 1.76 bits per heavy atom. The summed E-state index contributed by atoms with van der Waals surface area (Å²) in [6.07, 6.45) is 9.18. The first-order chi connectivity index (χ1) is 18.1. The van der Waals surface area contributed by atoms with Crippen molar-refractivity contribution in [3.8, 4) is 11.3 Å². The summed E-state index contributed by atoms with van der Waals surface area (Å²) in [5.41, 5.74) is 3.19. The fraction of sp³-hybridized carbons (Fsp3) is 0.452. The zero-order valence-electron chi connectivity index (χ0n) is 22.0. The van der Waals surface area contributed by atoms with Crippen LogP contribution in [0.25, 0.3) is 22.0 Å². The van der Waals surface area contributed by atoms with Gasteiger partial charge in [0.25, 0.3) is 0 Å². The van der Waals surface area contributed by atoms with Crippen molar-refractivity contribution in [3.63, 3.8) is 0 Å². The third-order valence-electron chi connectivity index (χ3n) is 8.27. The molecule has 1 aliphatic heterocycles. The number of rotatable bonds is 7. The van der Waals surface area contributed by atoms with Crippen LogP contribution in [0.4, 0.5) is 0 Å². The largest absolute Gasteiger partial charge is 0.343 e. The highest BCUT2D eigenvalue weighted by Gasteiger charge is 2.39. The minimum atomic E-state index is -0.466. The van der Waals surface area contributed by atoms with Gasteiger partial charge in [0.15, 0.2) is 0 Å². The van der Waals surface area contributed by atoms with E-state index >= 15 is 0 Å². The van der Waals surface area contributed by atoms with Crippen molar-refractivity contribution in [1.29, 1.82) is 0 Å². The average molecular weight is 499 g/mol. The molecule has 0 radical (unpaired) electrons. The Morgan fingerprint density at radius 1 is 0.973 bits per heavy atom. The van der Waals surface area contributed by atoms with Crippen LogP contribution in [0.1, 0.15) is 63.5 Å². The van der Waals surface area contributed by atoms with Crippen LogP contribution in [-0.2, 0) is 9.59 Å². The molecule has 2 aromatic carbocycles. The maximum atomic E-state index is 14.1. The second-order valence-electron chi connectivity index (χ2n) is 10.6. The molecule has 0 unspecified atom stereocenters. The molecule has 5 rings (SSSR count). The summed E-state index contributed by atoms with van der Waals surface area (Å²) in [5, 5.41) is 8.40. The van der Waals surface area contributed by atoms with Crippen LogP contribution in [0.2, 0.25) is 0 Å². The lowest BCUT2D eigenvalue weighted by atomic mass is 9.83. The molecule has 0 bridgehead atoms. The molecule has 1 aromatic heterocycles. The van der Waals surface area contributed by atoms with Crippen LogP contribution in [0.5, 0.6) is 0 Å². The SMILES string of the molecule is CN[C@@H](C)C(=O)N[C@H](C(=O)N1CCC[C@H]1c1ccc2ccnc(-c3ccccc3)c2c1)C1CCCCC1. The number of pyridine rings is 1. The van der Waals surface area contributed by atoms with E-state index in [4.69, 9.17) is 4.98 Å². The van der Waals surface area contributed by atoms with Gasteiger partial charge in [-0.05, 0) is 68.7 Å². The van der Waals surface area contributed by atoms with E-state index in [1.165, 1.54) is 6.42 Å². The molecule has 1 aliphatic carbocycles. The molecule has 2 N–H and O–H groups in total. The molecule has 1 saturated carbocycles. The zero-order valence-corrected chi connectivity index (χ0v) is 22.0. The number of nitrogens with zero attached hydrogens (tertiary/aromatic N) is 2. The Balaban J connectivity index is 1.46. The Morgan fingerprint density at radius 3 is 2.51 bits per heavy atom. The van der Waals surface area contributed by atoms with Gasteiger partial charge < -0.3 is 15.5 Å². The maximum absolute atomic E-state index is 14.1. The average Bonchev–Trinajstić information content (AvgIpc) is 3.45. The van der Waals surface area contributed by atoms with Gasteiger partial charge >= 0.3 is 0 Å². The zero-order chi connectivity index (χ0) is 25.8. The second-order valence-corrected chi connectivity index (χ2v) is 10.6. The first-order valence-corrected chi connectivity index (χ1v) is 13.8. The summed E-state index contributed by atoms with van der Waals surface area (Å²) < 4.78 is 0. The Kier molecular flexibility index (Phi) is 7.85. The predicted molar refractivity (Wildman–Crippen MR) is 148 cm³/mol. The van der Waals surface area contributed by atoms with Crippen molar-refractivity contribution < 1.29 is 9.59 Å². The smallest absolute Gasteiger partial charge is 0.245 e. The normalized spacial score (nSPS) is 20.1. The molecule has 0 spiro atoms. The summed E-state index contributed by atoms with van der Waals surface area (Å²) in [4.78, 5) is 33.7. The molecule has 3 atom stereocenters. The number of nitrogens with one attached hydrogen (secondary N) is 2. The van der Waals surface area contributed by atoms with Gasteiger partial charge in [-0.15, -0.1) is 0 Å². The van der Waals surface area contributed by atoms with Crippen LogP contribution in [0.3, 0.4) is 0 Å². The molecule has 194 valence electrons. The Hall–Kier alpha value is -3.25. The van der Waals surface area contributed by atoms with E-state index in [0.29, 0.717) is 0 Å².